The number of rotatable bonds is 7. The van der Waals surface area contributed by atoms with E-state index in [9.17, 15) is 9.59 Å². The third kappa shape index (κ3) is 4.13. The maximum absolute atomic E-state index is 12.1. The Morgan fingerprint density at radius 3 is 2.50 bits per heavy atom. The number of carbonyl (C=O) groups is 2. The van der Waals surface area contributed by atoms with Crippen LogP contribution in [0.25, 0.3) is 0 Å². The molecule has 1 fully saturated rings. The lowest BCUT2D eigenvalue weighted by Gasteiger charge is -2.17. The van der Waals surface area contributed by atoms with Crippen molar-refractivity contribution < 1.29 is 19.1 Å². The zero-order chi connectivity index (χ0) is 16.1. The van der Waals surface area contributed by atoms with Crippen LogP contribution in [-0.2, 0) is 4.79 Å². The first-order chi connectivity index (χ1) is 10.5. The zero-order valence-electron chi connectivity index (χ0n) is 13.2. The molecule has 6 heteroatoms. The second-order valence-electron chi connectivity index (χ2n) is 5.47. The number of likely N-dealkylation sites (N-methyl/N-ethyl adjacent to an activating group) is 1. The number of methoxy groups -OCH3 is 2. The zero-order valence-corrected chi connectivity index (χ0v) is 13.2. The fourth-order valence-electron chi connectivity index (χ4n) is 2.16. The molecule has 0 saturated heterocycles. The Labute approximate surface area is 130 Å². The van der Waals surface area contributed by atoms with Crippen LogP contribution in [0, 0.1) is 5.92 Å². The van der Waals surface area contributed by atoms with Crippen LogP contribution in [0.3, 0.4) is 0 Å². The summed E-state index contributed by atoms with van der Waals surface area (Å²) >= 11 is 0. The third-order valence-electron chi connectivity index (χ3n) is 3.70. The SMILES string of the molecule is COc1ccc(C(=O)NCC(=O)N(C)CC2CC2)cc1OC. The van der Waals surface area contributed by atoms with Crippen LogP contribution in [-0.4, -0.2) is 51.1 Å². The van der Waals surface area contributed by atoms with Crippen molar-refractivity contribution in [3.05, 3.63) is 23.8 Å². The van der Waals surface area contributed by atoms with E-state index < -0.39 is 0 Å². The van der Waals surface area contributed by atoms with Gasteiger partial charge in [0.15, 0.2) is 11.5 Å². The molecule has 120 valence electrons. The predicted octanol–water partition coefficient (Wildman–Crippen LogP) is 1.30. The van der Waals surface area contributed by atoms with Crippen LogP contribution in [0.15, 0.2) is 18.2 Å². The Morgan fingerprint density at radius 1 is 1.23 bits per heavy atom. The predicted molar refractivity (Wildman–Crippen MR) is 82.2 cm³/mol. The molecule has 1 aliphatic carbocycles. The summed E-state index contributed by atoms with van der Waals surface area (Å²) in [5, 5.41) is 2.64. The highest BCUT2D eigenvalue weighted by Gasteiger charge is 2.24. The Morgan fingerprint density at radius 2 is 1.91 bits per heavy atom. The van der Waals surface area contributed by atoms with E-state index in [1.165, 1.54) is 27.1 Å². The monoisotopic (exact) mass is 306 g/mol. The smallest absolute Gasteiger partial charge is 0.251 e. The molecule has 0 heterocycles. The van der Waals surface area contributed by atoms with Crippen LogP contribution in [0.2, 0.25) is 0 Å². The van der Waals surface area contributed by atoms with Crippen molar-refractivity contribution in [1.29, 1.82) is 0 Å². The number of ether oxygens (including phenoxy) is 2. The van der Waals surface area contributed by atoms with E-state index >= 15 is 0 Å². The molecule has 0 bridgehead atoms. The van der Waals surface area contributed by atoms with E-state index in [0.29, 0.717) is 23.0 Å². The molecular weight excluding hydrogens is 284 g/mol. The molecule has 0 radical (unpaired) electrons. The minimum atomic E-state index is -0.311. The summed E-state index contributed by atoms with van der Waals surface area (Å²) in [6.07, 6.45) is 2.38. The molecule has 2 rings (SSSR count). The molecule has 1 aliphatic rings. The fraction of sp³-hybridized carbons (Fsp3) is 0.500. The normalized spacial score (nSPS) is 13.4. The number of hydrogen-bond donors (Lipinski definition) is 1. The van der Waals surface area contributed by atoms with Gasteiger partial charge in [-0.25, -0.2) is 0 Å². The molecule has 1 saturated carbocycles. The van der Waals surface area contributed by atoms with E-state index in [2.05, 4.69) is 5.32 Å². The Balaban J connectivity index is 1.89. The standard InChI is InChI=1S/C16H22N2O4/c1-18(10-11-4-5-11)15(19)9-17-16(20)12-6-7-13(21-2)14(8-12)22-3/h6-8,11H,4-5,9-10H2,1-3H3,(H,17,20). The second-order valence-corrected chi connectivity index (χ2v) is 5.47. The topological polar surface area (TPSA) is 67.9 Å². The van der Waals surface area contributed by atoms with Crippen molar-refractivity contribution in [2.45, 2.75) is 12.8 Å². The van der Waals surface area contributed by atoms with E-state index in [4.69, 9.17) is 9.47 Å². The van der Waals surface area contributed by atoms with Crippen LogP contribution < -0.4 is 14.8 Å². The number of amides is 2. The second kappa shape index (κ2) is 7.15. The van der Waals surface area contributed by atoms with Gasteiger partial charge in [0.1, 0.15) is 0 Å². The molecule has 0 atom stereocenters. The first kappa shape index (κ1) is 16.1. The van der Waals surface area contributed by atoms with Gasteiger partial charge in [0.2, 0.25) is 5.91 Å². The van der Waals surface area contributed by atoms with Gasteiger partial charge in [-0.2, -0.15) is 0 Å². The summed E-state index contributed by atoms with van der Waals surface area (Å²) in [7, 11) is 4.81. The van der Waals surface area contributed by atoms with Crippen LogP contribution in [0.5, 0.6) is 11.5 Å². The molecule has 1 aromatic carbocycles. The first-order valence-corrected chi connectivity index (χ1v) is 7.29. The lowest BCUT2D eigenvalue weighted by molar-refractivity contribution is -0.129. The van der Waals surface area contributed by atoms with Gasteiger partial charge in [0.05, 0.1) is 20.8 Å². The number of benzene rings is 1. The highest BCUT2D eigenvalue weighted by Crippen LogP contribution is 2.29. The van der Waals surface area contributed by atoms with E-state index in [1.807, 2.05) is 0 Å². The van der Waals surface area contributed by atoms with Crippen molar-refractivity contribution in [3.63, 3.8) is 0 Å². The van der Waals surface area contributed by atoms with E-state index in [-0.39, 0.29) is 18.4 Å². The average molecular weight is 306 g/mol. The van der Waals surface area contributed by atoms with Gasteiger partial charge in [-0.15, -0.1) is 0 Å². The van der Waals surface area contributed by atoms with Crippen LogP contribution in [0.1, 0.15) is 23.2 Å². The van der Waals surface area contributed by atoms with Crippen molar-refractivity contribution in [3.8, 4) is 11.5 Å². The highest BCUT2D eigenvalue weighted by atomic mass is 16.5. The third-order valence-corrected chi connectivity index (χ3v) is 3.70. The molecule has 22 heavy (non-hydrogen) atoms. The van der Waals surface area contributed by atoms with Gasteiger partial charge in [0.25, 0.3) is 5.91 Å². The maximum atomic E-state index is 12.1. The van der Waals surface area contributed by atoms with Gasteiger partial charge in [0, 0.05) is 19.2 Å². The summed E-state index contributed by atoms with van der Waals surface area (Å²) in [5.41, 5.74) is 0.426. The minimum absolute atomic E-state index is 0.00357. The molecule has 0 aliphatic heterocycles. The molecule has 1 N–H and O–H groups in total. The summed E-state index contributed by atoms with van der Waals surface area (Å²) in [4.78, 5) is 25.7. The lowest BCUT2D eigenvalue weighted by atomic mass is 10.2. The van der Waals surface area contributed by atoms with Crippen molar-refractivity contribution >= 4 is 11.8 Å². The number of nitrogens with zero attached hydrogens (tertiary/aromatic N) is 1. The van der Waals surface area contributed by atoms with Gasteiger partial charge in [-0.3, -0.25) is 9.59 Å². The molecule has 0 aromatic heterocycles. The summed E-state index contributed by atoms with van der Waals surface area (Å²) < 4.78 is 10.3. The van der Waals surface area contributed by atoms with Crippen molar-refractivity contribution in [1.82, 2.24) is 10.2 Å². The fourth-order valence-corrected chi connectivity index (χ4v) is 2.16. The molecule has 0 spiro atoms. The quantitative estimate of drug-likeness (QED) is 0.824. The Hall–Kier alpha value is -2.24. The first-order valence-electron chi connectivity index (χ1n) is 7.29. The molecule has 0 unspecified atom stereocenters. The van der Waals surface area contributed by atoms with Crippen LogP contribution in [0.4, 0.5) is 0 Å². The molecular formula is C16H22N2O4. The number of nitrogens with one attached hydrogen (secondary N) is 1. The van der Waals surface area contributed by atoms with Gasteiger partial charge >= 0.3 is 0 Å². The Kier molecular flexibility index (Phi) is 5.25. The van der Waals surface area contributed by atoms with Gasteiger partial charge < -0.3 is 19.7 Å². The highest BCUT2D eigenvalue weighted by molar-refractivity contribution is 5.97. The Bertz CT molecular complexity index is 555. The van der Waals surface area contributed by atoms with Gasteiger partial charge in [-0.1, -0.05) is 0 Å². The van der Waals surface area contributed by atoms with Crippen molar-refractivity contribution in [2.75, 3.05) is 34.4 Å². The molecule has 1 aromatic rings. The molecule has 2 amide bonds. The maximum Gasteiger partial charge on any atom is 0.251 e. The largest absolute Gasteiger partial charge is 0.493 e. The number of hydrogen-bond acceptors (Lipinski definition) is 4. The summed E-state index contributed by atoms with van der Waals surface area (Å²) in [6.45, 7) is 0.765. The van der Waals surface area contributed by atoms with Crippen molar-refractivity contribution in [2.24, 2.45) is 5.92 Å². The lowest BCUT2D eigenvalue weighted by Crippen LogP contribution is -2.39. The average Bonchev–Trinajstić information content (AvgIpc) is 3.35. The summed E-state index contributed by atoms with van der Waals surface area (Å²) in [6, 6.07) is 4.89. The van der Waals surface area contributed by atoms with E-state index in [0.717, 1.165) is 6.54 Å². The van der Waals surface area contributed by atoms with E-state index in [1.54, 1.807) is 30.1 Å². The van der Waals surface area contributed by atoms with Gasteiger partial charge in [-0.05, 0) is 37.0 Å². The number of carbonyl (C=O) groups excluding carboxylic acids is 2. The minimum Gasteiger partial charge on any atom is -0.493 e. The summed E-state index contributed by atoms with van der Waals surface area (Å²) in [5.74, 6) is 1.27. The van der Waals surface area contributed by atoms with Crippen LogP contribution >= 0.6 is 0 Å². The molecule has 6 nitrogen and oxygen atoms in total.